The molecular weight excluding hydrogens is 257 g/mol. The minimum Gasteiger partial charge on any atom is -0.377 e. The second-order valence-electron chi connectivity index (χ2n) is 4.07. The van der Waals surface area contributed by atoms with Crippen LogP contribution in [0, 0.1) is 12.3 Å². The normalized spacial score (nSPS) is 22.6. The van der Waals surface area contributed by atoms with E-state index in [-0.39, 0.29) is 12.7 Å². The molecule has 104 valence electrons. The van der Waals surface area contributed by atoms with E-state index >= 15 is 0 Å². The molecule has 1 aliphatic heterocycles. The molecule has 2 unspecified atom stereocenters. The van der Waals surface area contributed by atoms with Gasteiger partial charge in [0, 0.05) is 19.6 Å². The van der Waals surface area contributed by atoms with Crippen molar-refractivity contribution in [3.8, 4) is 12.3 Å². The van der Waals surface area contributed by atoms with Gasteiger partial charge in [0.25, 0.3) is 0 Å². The van der Waals surface area contributed by atoms with E-state index in [4.69, 9.17) is 20.9 Å². The standard InChI is InChI=1S/C11H20NO5P/c1-2-3-4-5-9-16-18(14,17-13)12-10-11-7-6-8-15-11/h1,11,13H,3-10H2,(H,12,14). The second-order valence-corrected chi connectivity index (χ2v) is 5.80. The molecule has 0 bridgehead atoms. The lowest BCUT2D eigenvalue weighted by atomic mass is 10.2. The van der Waals surface area contributed by atoms with Crippen LogP contribution in [-0.2, 0) is 18.5 Å². The number of hydrogen-bond donors (Lipinski definition) is 2. The van der Waals surface area contributed by atoms with E-state index < -0.39 is 7.75 Å². The largest absolute Gasteiger partial charge is 0.432 e. The summed E-state index contributed by atoms with van der Waals surface area (Å²) in [6, 6.07) is 0. The molecule has 1 saturated heterocycles. The van der Waals surface area contributed by atoms with Crippen molar-refractivity contribution >= 4 is 7.75 Å². The second kappa shape index (κ2) is 8.65. The maximum atomic E-state index is 11.9. The molecule has 1 aliphatic rings. The van der Waals surface area contributed by atoms with Gasteiger partial charge in [-0.15, -0.1) is 17.0 Å². The Morgan fingerprint density at radius 2 is 2.39 bits per heavy atom. The highest BCUT2D eigenvalue weighted by atomic mass is 31.2. The first-order valence-corrected chi connectivity index (χ1v) is 7.62. The van der Waals surface area contributed by atoms with Crippen LogP contribution in [0.1, 0.15) is 32.1 Å². The summed E-state index contributed by atoms with van der Waals surface area (Å²) in [4.78, 5) is 0. The molecule has 0 aromatic heterocycles. The molecule has 0 aromatic carbocycles. The lowest BCUT2D eigenvalue weighted by Crippen LogP contribution is -2.25. The molecule has 0 saturated carbocycles. The lowest BCUT2D eigenvalue weighted by molar-refractivity contribution is -0.151. The third-order valence-corrected chi connectivity index (χ3v) is 3.93. The number of rotatable bonds is 9. The van der Waals surface area contributed by atoms with Crippen LogP contribution in [0.4, 0.5) is 0 Å². The Bertz CT molecular complexity index is 311. The predicted octanol–water partition coefficient (Wildman–Crippen LogP) is 2.17. The summed E-state index contributed by atoms with van der Waals surface area (Å²) in [6.07, 6.45) is 9.10. The molecule has 7 heteroatoms. The minimum absolute atomic E-state index is 0.00137. The van der Waals surface area contributed by atoms with E-state index in [1.807, 2.05) is 0 Å². The van der Waals surface area contributed by atoms with Crippen LogP contribution in [0.25, 0.3) is 0 Å². The number of hydrogen-bond acceptors (Lipinski definition) is 5. The van der Waals surface area contributed by atoms with Crippen molar-refractivity contribution < 1.29 is 23.8 Å². The topological polar surface area (TPSA) is 77.0 Å². The molecule has 0 spiro atoms. The van der Waals surface area contributed by atoms with Gasteiger partial charge in [-0.3, -0.25) is 4.52 Å². The van der Waals surface area contributed by atoms with Gasteiger partial charge in [-0.05, 0) is 25.7 Å². The first-order chi connectivity index (χ1) is 8.70. The van der Waals surface area contributed by atoms with Crippen LogP contribution in [-0.4, -0.2) is 31.1 Å². The van der Waals surface area contributed by atoms with Gasteiger partial charge in [-0.25, -0.2) is 14.9 Å². The van der Waals surface area contributed by atoms with E-state index in [0.717, 1.165) is 19.3 Å². The molecule has 0 amide bonds. The number of ether oxygens (including phenoxy) is 1. The summed E-state index contributed by atoms with van der Waals surface area (Å²) in [5, 5.41) is 11.2. The summed E-state index contributed by atoms with van der Waals surface area (Å²) in [5.41, 5.74) is 0. The fourth-order valence-corrected chi connectivity index (χ4v) is 2.62. The summed E-state index contributed by atoms with van der Waals surface area (Å²) < 4.78 is 26.2. The Hall–Kier alpha value is -0.410. The molecule has 6 nitrogen and oxygen atoms in total. The number of unbranched alkanes of at least 4 members (excludes halogenated alkanes) is 2. The van der Waals surface area contributed by atoms with E-state index in [9.17, 15) is 4.57 Å². The van der Waals surface area contributed by atoms with Gasteiger partial charge in [0.1, 0.15) is 0 Å². The van der Waals surface area contributed by atoms with Crippen molar-refractivity contribution in [3.05, 3.63) is 0 Å². The van der Waals surface area contributed by atoms with Crippen molar-refractivity contribution in [2.75, 3.05) is 19.8 Å². The third-order valence-electron chi connectivity index (χ3n) is 2.62. The van der Waals surface area contributed by atoms with Crippen LogP contribution < -0.4 is 5.09 Å². The fourth-order valence-electron chi connectivity index (χ4n) is 1.63. The van der Waals surface area contributed by atoms with Crippen molar-refractivity contribution in [2.45, 2.75) is 38.2 Å². The molecule has 1 rings (SSSR count). The van der Waals surface area contributed by atoms with Gasteiger partial charge in [-0.1, -0.05) is 0 Å². The SMILES string of the molecule is C#CCCCCOP(=O)(NCC1CCCO1)OO. The zero-order valence-corrected chi connectivity index (χ0v) is 11.2. The zero-order valence-electron chi connectivity index (χ0n) is 10.3. The molecule has 0 radical (unpaired) electrons. The van der Waals surface area contributed by atoms with Gasteiger partial charge in [0.05, 0.1) is 12.7 Å². The monoisotopic (exact) mass is 277 g/mol. The molecule has 18 heavy (non-hydrogen) atoms. The number of nitrogens with one attached hydrogen (secondary N) is 1. The van der Waals surface area contributed by atoms with Gasteiger partial charge in [0.15, 0.2) is 0 Å². The molecule has 2 atom stereocenters. The molecule has 0 aromatic rings. The van der Waals surface area contributed by atoms with Crippen molar-refractivity contribution in [1.82, 2.24) is 5.09 Å². The molecule has 2 N–H and O–H groups in total. The third kappa shape index (κ3) is 5.96. The summed E-state index contributed by atoms with van der Waals surface area (Å²) >= 11 is 0. The lowest BCUT2D eigenvalue weighted by Gasteiger charge is -2.17. The quantitative estimate of drug-likeness (QED) is 0.221. The van der Waals surface area contributed by atoms with Gasteiger partial charge < -0.3 is 4.74 Å². The highest BCUT2D eigenvalue weighted by Gasteiger charge is 2.27. The van der Waals surface area contributed by atoms with Crippen LogP contribution in [0.5, 0.6) is 0 Å². The Morgan fingerprint density at radius 1 is 1.56 bits per heavy atom. The van der Waals surface area contributed by atoms with Gasteiger partial charge in [0.2, 0.25) is 0 Å². The smallest absolute Gasteiger partial charge is 0.377 e. The highest BCUT2D eigenvalue weighted by Crippen LogP contribution is 2.42. The van der Waals surface area contributed by atoms with E-state index in [1.54, 1.807) is 0 Å². The summed E-state index contributed by atoms with van der Waals surface area (Å²) in [7, 11) is -3.63. The van der Waals surface area contributed by atoms with Crippen LogP contribution in [0.2, 0.25) is 0 Å². The van der Waals surface area contributed by atoms with Gasteiger partial charge in [-0.2, -0.15) is 0 Å². The fraction of sp³-hybridized carbons (Fsp3) is 0.818. The van der Waals surface area contributed by atoms with Crippen LogP contribution in [0.3, 0.4) is 0 Å². The molecule has 0 aliphatic carbocycles. The Labute approximate surface area is 108 Å². The zero-order chi connectivity index (χ0) is 13.3. The summed E-state index contributed by atoms with van der Waals surface area (Å²) in [5.74, 6) is 2.50. The Balaban J connectivity index is 2.19. The summed E-state index contributed by atoms with van der Waals surface area (Å²) in [6.45, 7) is 1.27. The van der Waals surface area contributed by atoms with E-state index in [1.165, 1.54) is 0 Å². The van der Waals surface area contributed by atoms with Crippen molar-refractivity contribution in [2.24, 2.45) is 0 Å². The number of terminal acetylenes is 1. The Kier molecular flexibility index (Phi) is 7.52. The van der Waals surface area contributed by atoms with Crippen LogP contribution >= 0.6 is 7.75 Å². The average molecular weight is 277 g/mol. The van der Waals surface area contributed by atoms with E-state index in [2.05, 4.69) is 15.7 Å². The molecule has 1 fully saturated rings. The van der Waals surface area contributed by atoms with Crippen molar-refractivity contribution in [1.29, 1.82) is 0 Å². The predicted molar refractivity (Wildman–Crippen MR) is 66.9 cm³/mol. The first-order valence-electron chi connectivity index (χ1n) is 6.08. The van der Waals surface area contributed by atoms with Crippen molar-refractivity contribution in [3.63, 3.8) is 0 Å². The maximum absolute atomic E-state index is 11.9. The first kappa shape index (κ1) is 15.6. The average Bonchev–Trinajstić information content (AvgIpc) is 2.89. The maximum Gasteiger partial charge on any atom is 0.432 e. The Morgan fingerprint density at radius 3 is 3.00 bits per heavy atom. The molecular formula is C11H20NO5P. The highest BCUT2D eigenvalue weighted by molar-refractivity contribution is 7.51. The minimum atomic E-state index is -3.63. The van der Waals surface area contributed by atoms with Crippen LogP contribution in [0.15, 0.2) is 0 Å². The van der Waals surface area contributed by atoms with Gasteiger partial charge >= 0.3 is 7.75 Å². The molecule has 1 heterocycles. The van der Waals surface area contributed by atoms with E-state index in [0.29, 0.717) is 26.0 Å².